The molecule has 1 aliphatic heterocycles. The van der Waals surface area contributed by atoms with Gasteiger partial charge in [0.1, 0.15) is 13.2 Å². The molecule has 150 valence electrons. The van der Waals surface area contributed by atoms with E-state index in [1.54, 1.807) is 6.20 Å². The lowest BCUT2D eigenvalue weighted by Gasteiger charge is -2.21. The molecule has 1 aromatic heterocycles. The molecule has 0 spiro atoms. The molecular formula is C21H24N6O2. The fraction of sp³-hybridized carbons (Fsp3) is 0.286. The number of nitrogens with one attached hydrogen (secondary N) is 2. The van der Waals surface area contributed by atoms with Crippen LogP contribution in [-0.2, 0) is 0 Å². The van der Waals surface area contributed by atoms with Gasteiger partial charge in [-0.3, -0.25) is 0 Å². The van der Waals surface area contributed by atoms with E-state index in [2.05, 4.69) is 56.7 Å². The minimum atomic E-state index is 0.395. The molecule has 29 heavy (non-hydrogen) atoms. The van der Waals surface area contributed by atoms with Gasteiger partial charge in [-0.1, -0.05) is 0 Å². The molecule has 1 aliphatic rings. The summed E-state index contributed by atoms with van der Waals surface area (Å²) in [4.78, 5) is 6.78. The van der Waals surface area contributed by atoms with Crippen LogP contribution in [0.15, 0.2) is 48.7 Å². The molecule has 8 heteroatoms. The predicted octanol–water partition coefficient (Wildman–Crippen LogP) is 3.98. The topological polar surface area (TPSA) is 84.4 Å². The third kappa shape index (κ3) is 4.48. The molecule has 8 nitrogen and oxygen atoms in total. The van der Waals surface area contributed by atoms with Crippen LogP contribution in [0.1, 0.15) is 13.8 Å². The molecule has 2 aromatic carbocycles. The van der Waals surface area contributed by atoms with Crippen molar-refractivity contribution in [3.8, 4) is 11.5 Å². The number of aromatic nitrogens is 3. The van der Waals surface area contributed by atoms with Gasteiger partial charge in [-0.2, -0.15) is 10.1 Å². The summed E-state index contributed by atoms with van der Waals surface area (Å²) < 4.78 is 11.2. The molecule has 0 unspecified atom stereocenters. The highest BCUT2D eigenvalue weighted by Crippen LogP contribution is 2.33. The van der Waals surface area contributed by atoms with Crippen molar-refractivity contribution in [3.63, 3.8) is 0 Å². The Balaban J connectivity index is 1.45. The van der Waals surface area contributed by atoms with Crippen LogP contribution < -0.4 is 25.0 Å². The fourth-order valence-corrected chi connectivity index (χ4v) is 3.16. The molecule has 0 saturated heterocycles. The van der Waals surface area contributed by atoms with Gasteiger partial charge in [0.15, 0.2) is 17.3 Å². The summed E-state index contributed by atoms with van der Waals surface area (Å²) in [5.41, 5.74) is 2.94. The van der Waals surface area contributed by atoms with E-state index in [1.807, 2.05) is 30.3 Å². The van der Waals surface area contributed by atoms with Crippen molar-refractivity contribution in [2.75, 3.05) is 41.8 Å². The first-order valence-electron chi connectivity index (χ1n) is 9.73. The van der Waals surface area contributed by atoms with Crippen molar-refractivity contribution in [3.05, 3.63) is 48.7 Å². The Morgan fingerprint density at radius 1 is 0.897 bits per heavy atom. The Morgan fingerprint density at radius 2 is 1.62 bits per heavy atom. The predicted molar refractivity (Wildman–Crippen MR) is 114 cm³/mol. The van der Waals surface area contributed by atoms with Crippen LogP contribution in [0.4, 0.5) is 28.8 Å². The fourth-order valence-electron chi connectivity index (χ4n) is 3.16. The smallest absolute Gasteiger partial charge is 0.249 e. The lowest BCUT2D eigenvalue weighted by Crippen LogP contribution is -2.21. The number of rotatable bonds is 7. The molecule has 2 N–H and O–H groups in total. The second kappa shape index (κ2) is 8.64. The SMILES string of the molecule is CCN(CC)c1ccc(Nc2cnnc(Nc3ccc4c(c3)OCCO4)n2)cc1. The highest BCUT2D eigenvalue weighted by molar-refractivity contribution is 5.63. The van der Waals surface area contributed by atoms with Gasteiger partial charge < -0.3 is 25.0 Å². The second-order valence-corrected chi connectivity index (χ2v) is 6.49. The molecule has 0 aliphatic carbocycles. The molecule has 0 radical (unpaired) electrons. The van der Waals surface area contributed by atoms with E-state index in [1.165, 1.54) is 5.69 Å². The van der Waals surface area contributed by atoms with Gasteiger partial charge >= 0.3 is 0 Å². The minimum absolute atomic E-state index is 0.395. The molecule has 0 amide bonds. The van der Waals surface area contributed by atoms with Gasteiger partial charge in [-0.05, 0) is 50.2 Å². The van der Waals surface area contributed by atoms with Crippen molar-refractivity contribution >= 4 is 28.8 Å². The van der Waals surface area contributed by atoms with Crippen LogP contribution in [0, 0.1) is 0 Å². The first-order chi connectivity index (χ1) is 14.2. The number of hydrogen-bond donors (Lipinski definition) is 2. The summed E-state index contributed by atoms with van der Waals surface area (Å²) in [6.07, 6.45) is 1.59. The van der Waals surface area contributed by atoms with Crippen LogP contribution in [0.2, 0.25) is 0 Å². The number of ether oxygens (including phenoxy) is 2. The Kier molecular flexibility index (Phi) is 5.60. The van der Waals surface area contributed by atoms with Crippen LogP contribution in [0.5, 0.6) is 11.5 Å². The zero-order valence-electron chi connectivity index (χ0n) is 16.6. The second-order valence-electron chi connectivity index (χ2n) is 6.49. The van der Waals surface area contributed by atoms with E-state index >= 15 is 0 Å². The van der Waals surface area contributed by atoms with Crippen molar-refractivity contribution in [2.24, 2.45) is 0 Å². The van der Waals surface area contributed by atoms with Crippen molar-refractivity contribution in [1.29, 1.82) is 0 Å². The molecule has 0 fully saturated rings. The molecule has 0 saturated carbocycles. The minimum Gasteiger partial charge on any atom is -0.486 e. The lowest BCUT2D eigenvalue weighted by molar-refractivity contribution is 0.171. The maximum absolute atomic E-state index is 5.61. The number of nitrogens with zero attached hydrogens (tertiary/aromatic N) is 4. The maximum atomic E-state index is 5.61. The monoisotopic (exact) mass is 392 g/mol. The average Bonchev–Trinajstić information content (AvgIpc) is 2.76. The highest BCUT2D eigenvalue weighted by Gasteiger charge is 2.12. The number of fused-ring (bicyclic) bond motifs is 1. The van der Waals surface area contributed by atoms with Crippen LogP contribution in [0.3, 0.4) is 0 Å². The van der Waals surface area contributed by atoms with Gasteiger partial charge in [0.05, 0.1) is 6.20 Å². The van der Waals surface area contributed by atoms with E-state index in [0.717, 1.165) is 30.2 Å². The van der Waals surface area contributed by atoms with E-state index in [4.69, 9.17) is 9.47 Å². The zero-order chi connectivity index (χ0) is 20.1. The first kappa shape index (κ1) is 18.8. The van der Waals surface area contributed by atoms with Gasteiger partial charge in [0.25, 0.3) is 0 Å². The first-order valence-corrected chi connectivity index (χ1v) is 9.73. The van der Waals surface area contributed by atoms with E-state index in [9.17, 15) is 0 Å². The lowest BCUT2D eigenvalue weighted by atomic mass is 10.2. The summed E-state index contributed by atoms with van der Waals surface area (Å²) in [5.74, 6) is 2.45. The summed E-state index contributed by atoms with van der Waals surface area (Å²) in [5, 5.41) is 14.5. The summed E-state index contributed by atoms with van der Waals surface area (Å²) in [7, 11) is 0. The summed E-state index contributed by atoms with van der Waals surface area (Å²) in [6, 6.07) is 13.9. The number of benzene rings is 2. The van der Waals surface area contributed by atoms with Crippen LogP contribution in [0.25, 0.3) is 0 Å². The Labute approximate surface area is 169 Å². The Bertz CT molecular complexity index is 960. The molecule has 3 aromatic rings. The Morgan fingerprint density at radius 3 is 2.38 bits per heavy atom. The van der Waals surface area contributed by atoms with E-state index < -0.39 is 0 Å². The van der Waals surface area contributed by atoms with Crippen molar-refractivity contribution in [2.45, 2.75) is 13.8 Å². The van der Waals surface area contributed by atoms with Crippen molar-refractivity contribution in [1.82, 2.24) is 15.2 Å². The average molecular weight is 392 g/mol. The quantitative estimate of drug-likeness (QED) is 0.625. The Hall–Kier alpha value is -3.55. The third-order valence-electron chi connectivity index (χ3n) is 4.63. The van der Waals surface area contributed by atoms with Crippen molar-refractivity contribution < 1.29 is 9.47 Å². The van der Waals surface area contributed by atoms with Gasteiger partial charge in [0.2, 0.25) is 5.95 Å². The van der Waals surface area contributed by atoms with E-state index in [-0.39, 0.29) is 0 Å². The largest absolute Gasteiger partial charge is 0.486 e. The molecule has 0 bridgehead atoms. The maximum Gasteiger partial charge on any atom is 0.249 e. The molecule has 2 heterocycles. The molecular weight excluding hydrogens is 368 g/mol. The van der Waals surface area contributed by atoms with Gasteiger partial charge in [-0.25, -0.2) is 0 Å². The van der Waals surface area contributed by atoms with Gasteiger partial charge in [-0.15, -0.1) is 5.10 Å². The third-order valence-corrected chi connectivity index (χ3v) is 4.63. The standard InChI is InChI=1S/C21H24N6O2/c1-3-27(4-2)17-8-5-15(6-9-17)23-20-14-22-26-21(25-20)24-16-7-10-18-19(13-16)29-12-11-28-18/h5-10,13-14H,3-4,11-12H2,1-2H3,(H2,23,24,25,26). The summed E-state index contributed by atoms with van der Waals surface area (Å²) in [6.45, 7) is 7.37. The summed E-state index contributed by atoms with van der Waals surface area (Å²) >= 11 is 0. The molecule has 0 atom stereocenters. The van der Waals surface area contributed by atoms with Crippen LogP contribution in [-0.4, -0.2) is 41.5 Å². The normalized spacial score (nSPS) is 12.3. The zero-order valence-corrected chi connectivity index (χ0v) is 16.6. The molecule has 4 rings (SSSR count). The van der Waals surface area contributed by atoms with Crippen LogP contribution >= 0.6 is 0 Å². The number of hydrogen-bond acceptors (Lipinski definition) is 8. The highest BCUT2D eigenvalue weighted by atomic mass is 16.6. The number of anilines is 5. The van der Waals surface area contributed by atoms with E-state index in [0.29, 0.717) is 30.7 Å². The van der Waals surface area contributed by atoms with Gasteiger partial charge in [0, 0.05) is 36.2 Å².